The maximum absolute atomic E-state index is 12.6. The molecule has 1 amide bonds. The Hall–Kier alpha value is -1.69. The Labute approximate surface area is 154 Å². The number of nitrogens with zero attached hydrogens (tertiary/aromatic N) is 2. The van der Waals surface area contributed by atoms with Crippen LogP contribution in [0.15, 0.2) is 46.5 Å². The molecule has 0 N–H and O–H groups in total. The van der Waals surface area contributed by atoms with Gasteiger partial charge in [0.05, 0.1) is 18.2 Å². The predicted molar refractivity (Wildman–Crippen MR) is 102 cm³/mol. The van der Waals surface area contributed by atoms with Gasteiger partial charge in [0, 0.05) is 28.4 Å². The third kappa shape index (κ3) is 3.86. The van der Waals surface area contributed by atoms with Gasteiger partial charge in [0.25, 0.3) is 0 Å². The van der Waals surface area contributed by atoms with E-state index in [1.807, 2.05) is 55.1 Å². The summed E-state index contributed by atoms with van der Waals surface area (Å²) in [6, 6.07) is 9.63. The van der Waals surface area contributed by atoms with Gasteiger partial charge < -0.3 is 4.90 Å². The van der Waals surface area contributed by atoms with Gasteiger partial charge in [-0.1, -0.05) is 23.7 Å². The number of thiazole rings is 1. The molecule has 1 aromatic carbocycles. The molecule has 6 heteroatoms. The average Bonchev–Trinajstić information content (AvgIpc) is 3.24. The first-order valence-corrected chi connectivity index (χ1v) is 9.72. The van der Waals surface area contributed by atoms with Crippen LogP contribution in [0.1, 0.15) is 24.2 Å². The summed E-state index contributed by atoms with van der Waals surface area (Å²) in [5.74, 6) is 0.0460. The molecule has 3 nitrogen and oxygen atoms in total. The van der Waals surface area contributed by atoms with E-state index in [2.05, 4.69) is 10.4 Å². The van der Waals surface area contributed by atoms with Crippen LogP contribution in [0.4, 0.5) is 0 Å². The molecule has 0 spiro atoms. The topological polar surface area (TPSA) is 33.2 Å². The van der Waals surface area contributed by atoms with Gasteiger partial charge in [-0.3, -0.25) is 4.79 Å². The molecule has 0 fully saturated rings. The highest BCUT2D eigenvalue weighted by Gasteiger charge is 2.19. The van der Waals surface area contributed by atoms with Crippen LogP contribution in [0.5, 0.6) is 0 Å². The van der Waals surface area contributed by atoms with Crippen LogP contribution in [0, 0.1) is 0 Å². The van der Waals surface area contributed by atoms with Crippen LogP contribution < -0.4 is 0 Å². The fourth-order valence-corrected chi connectivity index (χ4v) is 4.12. The molecule has 0 aliphatic heterocycles. The first-order chi connectivity index (χ1) is 11.5. The van der Waals surface area contributed by atoms with Gasteiger partial charge in [0.1, 0.15) is 5.01 Å². The van der Waals surface area contributed by atoms with E-state index in [0.29, 0.717) is 11.4 Å². The number of hydrogen-bond acceptors (Lipinski definition) is 4. The molecule has 0 saturated heterocycles. The highest BCUT2D eigenvalue weighted by atomic mass is 35.5. The molecular weight excluding hydrogens is 360 g/mol. The zero-order valence-corrected chi connectivity index (χ0v) is 15.8. The molecule has 0 bridgehead atoms. The fourth-order valence-electron chi connectivity index (χ4n) is 2.39. The van der Waals surface area contributed by atoms with Crippen molar-refractivity contribution in [2.24, 2.45) is 0 Å². The van der Waals surface area contributed by atoms with Crippen molar-refractivity contribution in [1.29, 1.82) is 0 Å². The molecule has 2 aromatic heterocycles. The van der Waals surface area contributed by atoms with Crippen LogP contribution in [-0.4, -0.2) is 22.8 Å². The summed E-state index contributed by atoms with van der Waals surface area (Å²) >= 11 is 9.26. The maximum Gasteiger partial charge on any atom is 0.228 e. The number of aromatic nitrogens is 1. The van der Waals surface area contributed by atoms with Gasteiger partial charge in [-0.2, -0.15) is 11.3 Å². The molecule has 24 heavy (non-hydrogen) atoms. The minimum absolute atomic E-state index is 0.0359. The number of rotatable bonds is 5. The quantitative estimate of drug-likeness (QED) is 0.606. The van der Waals surface area contributed by atoms with E-state index in [1.165, 1.54) is 0 Å². The Morgan fingerprint density at radius 2 is 2.17 bits per heavy atom. The number of amides is 1. The Bertz CT molecular complexity index is 829. The first-order valence-electron chi connectivity index (χ1n) is 7.52. The van der Waals surface area contributed by atoms with Gasteiger partial charge >= 0.3 is 0 Å². The van der Waals surface area contributed by atoms with Crippen LogP contribution in [0.25, 0.3) is 10.6 Å². The smallest absolute Gasteiger partial charge is 0.228 e. The molecule has 1 atom stereocenters. The van der Waals surface area contributed by atoms with E-state index in [1.54, 1.807) is 27.6 Å². The molecule has 0 saturated carbocycles. The SMILES string of the molecule is CC(c1cccc(Cl)c1)N(C)C(=O)Cc1csc(-c2ccsc2)n1. The molecule has 0 aliphatic rings. The summed E-state index contributed by atoms with van der Waals surface area (Å²) in [7, 11) is 1.82. The molecular formula is C18H17ClN2OS2. The number of carbonyl (C=O) groups excluding carboxylic acids is 1. The summed E-state index contributed by atoms with van der Waals surface area (Å²) < 4.78 is 0. The Morgan fingerprint density at radius 1 is 1.33 bits per heavy atom. The first kappa shape index (κ1) is 17.1. The minimum Gasteiger partial charge on any atom is -0.339 e. The van der Waals surface area contributed by atoms with Crippen molar-refractivity contribution >= 4 is 40.2 Å². The molecule has 2 heterocycles. The zero-order chi connectivity index (χ0) is 17.1. The molecule has 3 aromatic rings. The second-order valence-electron chi connectivity index (χ2n) is 5.57. The van der Waals surface area contributed by atoms with E-state index in [9.17, 15) is 4.79 Å². The molecule has 124 valence electrons. The van der Waals surface area contributed by atoms with Gasteiger partial charge in [-0.25, -0.2) is 4.98 Å². The van der Waals surface area contributed by atoms with Crippen LogP contribution in [0.2, 0.25) is 5.02 Å². The number of thiophene rings is 1. The van der Waals surface area contributed by atoms with E-state index >= 15 is 0 Å². The average molecular weight is 377 g/mol. The Kier molecular flexibility index (Phi) is 5.33. The summed E-state index contributed by atoms with van der Waals surface area (Å²) in [4.78, 5) is 18.9. The minimum atomic E-state index is -0.0359. The highest BCUT2D eigenvalue weighted by molar-refractivity contribution is 7.14. The molecule has 1 unspecified atom stereocenters. The van der Waals surface area contributed by atoms with E-state index in [4.69, 9.17) is 11.6 Å². The lowest BCUT2D eigenvalue weighted by molar-refractivity contribution is -0.131. The van der Waals surface area contributed by atoms with Gasteiger partial charge in [0.15, 0.2) is 0 Å². The van der Waals surface area contributed by atoms with Crippen molar-refractivity contribution in [2.45, 2.75) is 19.4 Å². The summed E-state index contributed by atoms with van der Waals surface area (Å²) in [5, 5.41) is 7.70. The van der Waals surface area contributed by atoms with E-state index < -0.39 is 0 Å². The van der Waals surface area contributed by atoms with Crippen molar-refractivity contribution in [3.05, 3.63) is 62.8 Å². The predicted octanol–water partition coefficient (Wildman–Crippen LogP) is 5.29. The van der Waals surface area contributed by atoms with E-state index in [0.717, 1.165) is 21.8 Å². The lowest BCUT2D eigenvalue weighted by Gasteiger charge is -2.25. The second-order valence-corrected chi connectivity index (χ2v) is 7.64. The van der Waals surface area contributed by atoms with Crippen LogP contribution in [0.3, 0.4) is 0 Å². The number of halogens is 1. The number of carbonyl (C=O) groups is 1. The third-order valence-corrected chi connectivity index (χ3v) is 5.82. The van der Waals surface area contributed by atoms with Crippen molar-refractivity contribution in [1.82, 2.24) is 9.88 Å². The summed E-state index contributed by atoms with van der Waals surface area (Å²) in [6.07, 6.45) is 0.308. The van der Waals surface area contributed by atoms with Gasteiger partial charge in [-0.15, -0.1) is 11.3 Å². The molecule has 3 rings (SSSR count). The molecule has 0 radical (unpaired) electrons. The monoisotopic (exact) mass is 376 g/mol. The van der Waals surface area contributed by atoms with Gasteiger partial charge in [-0.05, 0) is 36.1 Å². The summed E-state index contributed by atoms with van der Waals surface area (Å²) in [6.45, 7) is 2.00. The van der Waals surface area contributed by atoms with Crippen LogP contribution >= 0.6 is 34.3 Å². The number of likely N-dealkylation sites (N-methyl/N-ethyl adjacent to an activating group) is 1. The van der Waals surface area contributed by atoms with Gasteiger partial charge in [0.2, 0.25) is 5.91 Å². The normalized spacial score (nSPS) is 12.1. The van der Waals surface area contributed by atoms with E-state index in [-0.39, 0.29) is 11.9 Å². The number of benzene rings is 1. The lowest BCUT2D eigenvalue weighted by atomic mass is 10.1. The number of hydrogen-bond donors (Lipinski definition) is 0. The zero-order valence-electron chi connectivity index (χ0n) is 13.4. The van der Waals surface area contributed by atoms with Crippen molar-refractivity contribution in [3.63, 3.8) is 0 Å². The van der Waals surface area contributed by atoms with Crippen molar-refractivity contribution in [3.8, 4) is 10.6 Å². The highest BCUT2D eigenvalue weighted by Crippen LogP contribution is 2.27. The lowest BCUT2D eigenvalue weighted by Crippen LogP contribution is -2.31. The Balaban J connectivity index is 1.68. The van der Waals surface area contributed by atoms with Crippen molar-refractivity contribution < 1.29 is 4.79 Å². The Morgan fingerprint density at radius 3 is 2.88 bits per heavy atom. The molecule has 0 aliphatic carbocycles. The summed E-state index contributed by atoms with van der Waals surface area (Å²) in [5.41, 5.74) is 2.95. The second kappa shape index (κ2) is 7.47. The third-order valence-electron chi connectivity index (χ3n) is 3.96. The maximum atomic E-state index is 12.6. The van der Waals surface area contributed by atoms with Crippen molar-refractivity contribution in [2.75, 3.05) is 7.05 Å². The largest absolute Gasteiger partial charge is 0.339 e. The fraction of sp³-hybridized carbons (Fsp3) is 0.222. The standard InChI is InChI=1S/C18H17ClN2OS2/c1-12(13-4-3-5-15(19)8-13)21(2)17(22)9-16-11-24-18(20-16)14-6-7-23-10-14/h3-8,10-12H,9H2,1-2H3. The van der Waals surface area contributed by atoms with Crippen LogP contribution in [-0.2, 0) is 11.2 Å².